The lowest BCUT2D eigenvalue weighted by Crippen LogP contribution is -2.32. The van der Waals surface area contributed by atoms with Gasteiger partial charge in [-0.05, 0) is 48.4 Å². The number of carbonyl (C=O) groups excluding carboxylic acids is 2. The number of benzene rings is 2. The number of amides is 1. The van der Waals surface area contributed by atoms with E-state index in [1.54, 1.807) is 13.2 Å². The molecule has 0 radical (unpaired) electrons. The molecule has 0 spiro atoms. The van der Waals surface area contributed by atoms with Crippen molar-refractivity contribution in [1.82, 2.24) is 9.47 Å². The highest BCUT2D eigenvalue weighted by atomic mass is 16.5. The van der Waals surface area contributed by atoms with E-state index in [0.717, 1.165) is 24.0 Å². The maximum absolute atomic E-state index is 13.5. The van der Waals surface area contributed by atoms with E-state index in [9.17, 15) is 9.59 Å². The fourth-order valence-corrected chi connectivity index (χ4v) is 5.08. The minimum Gasteiger partial charge on any atom is -0.496 e. The van der Waals surface area contributed by atoms with E-state index in [1.165, 1.54) is 23.8 Å². The Morgan fingerprint density at radius 1 is 1.00 bits per heavy atom. The predicted octanol–water partition coefficient (Wildman–Crippen LogP) is 4.71. The summed E-state index contributed by atoms with van der Waals surface area (Å²) >= 11 is 0. The van der Waals surface area contributed by atoms with Crippen LogP contribution in [0.15, 0.2) is 54.6 Å². The van der Waals surface area contributed by atoms with Gasteiger partial charge in [0.05, 0.1) is 12.6 Å². The standard InChI is InChI=1S/C25H26N2O4/c1-30-23-12-6-11-21-20(23)13-22(24(28)26-14-18-9-5-10-19(18)15-26)27(21)25(29)31-16-17-7-3-2-4-8-17/h2-4,6-8,11-13,18-19H,5,9-10,14-16H2,1H3/t18-,19+. The lowest BCUT2D eigenvalue weighted by molar-refractivity contribution is 0.0765. The van der Waals surface area contributed by atoms with Crippen LogP contribution in [0.5, 0.6) is 5.75 Å². The molecule has 6 heteroatoms. The molecule has 5 rings (SSSR count). The van der Waals surface area contributed by atoms with Crippen molar-refractivity contribution in [2.45, 2.75) is 25.9 Å². The van der Waals surface area contributed by atoms with Crippen LogP contribution >= 0.6 is 0 Å². The summed E-state index contributed by atoms with van der Waals surface area (Å²) in [6.07, 6.45) is 3.06. The maximum atomic E-state index is 13.5. The van der Waals surface area contributed by atoms with Gasteiger partial charge in [0.15, 0.2) is 0 Å². The second-order valence-corrected chi connectivity index (χ2v) is 8.46. The van der Waals surface area contributed by atoms with Crippen molar-refractivity contribution in [1.29, 1.82) is 0 Å². The number of likely N-dealkylation sites (tertiary alicyclic amines) is 1. The van der Waals surface area contributed by atoms with E-state index >= 15 is 0 Å². The molecule has 0 bridgehead atoms. The first-order valence-corrected chi connectivity index (χ1v) is 10.8. The number of carbonyl (C=O) groups is 2. The fourth-order valence-electron chi connectivity index (χ4n) is 5.08. The van der Waals surface area contributed by atoms with Crippen LogP contribution in [0, 0.1) is 11.8 Å². The number of hydrogen-bond acceptors (Lipinski definition) is 4. The van der Waals surface area contributed by atoms with E-state index in [0.29, 0.717) is 28.8 Å². The van der Waals surface area contributed by atoms with Crippen LogP contribution in [-0.4, -0.2) is 41.7 Å². The van der Waals surface area contributed by atoms with Gasteiger partial charge in [-0.25, -0.2) is 9.36 Å². The van der Waals surface area contributed by atoms with Gasteiger partial charge in [0.2, 0.25) is 0 Å². The number of hydrogen-bond donors (Lipinski definition) is 0. The molecule has 1 amide bonds. The summed E-state index contributed by atoms with van der Waals surface area (Å²) in [5, 5.41) is 0.726. The first-order chi connectivity index (χ1) is 15.2. The van der Waals surface area contributed by atoms with Crippen molar-refractivity contribution >= 4 is 22.9 Å². The van der Waals surface area contributed by atoms with Crippen LogP contribution in [0.2, 0.25) is 0 Å². The molecule has 1 aliphatic carbocycles. The van der Waals surface area contributed by atoms with Gasteiger partial charge in [-0.2, -0.15) is 0 Å². The Kier molecular flexibility index (Phi) is 5.14. The van der Waals surface area contributed by atoms with E-state index in [2.05, 4.69) is 0 Å². The van der Waals surface area contributed by atoms with Crippen molar-refractivity contribution in [2.24, 2.45) is 11.8 Å². The average molecular weight is 418 g/mol. The van der Waals surface area contributed by atoms with Gasteiger partial charge in [-0.15, -0.1) is 0 Å². The van der Waals surface area contributed by atoms with Gasteiger partial charge < -0.3 is 14.4 Å². The van der Waals surface area contributed by atoms with Crippen LogP contribution in [0.25, 0.3) is 10.9 Å². The lowest BCUT2D eigenvalue weighted by atomic mass is 10.0. The van der Waals surface area contributed by atoms with Crippen molar-refractivity contribution in [3.8, 4) is 5.75 Å². The van der Waals surface area contributed by atoms with Crippen molar-refractivity contribution in [3.05, 3.63) is 65.9 Å². The molecule has 2 atom stereocenters. The van der Waals surface area contributed by atoms with Crippen molar-refractivity contribution < 1.29 is 19.1 Å². The molecule has 2 heterocycles. The molecule has 0 unspecified atom stereocenters. The molecule has 2 aliphatic rings. The highest BCUT2D eigenvalue weighted by Gasteiger charge is 2.39. The highest BCUT2D eigenvalue weighted by Crippen LogP contribution is 2.39. The summed E-state index contributed by atoms with van der Waals surface area (Å²) in [6.45, 7) is 1.67. The Morgan fingerprint density at radius 2 is 1.74 bits per heavy atom. The quantitative estimate of drug-likeness (QED) is 0.616. The molecule has 1 saturated carbocycles. The zero-order valence-electron chi connectivity index (χ0n) is 17.6. The first kappa shape index (κ1) is 19.7. The lowest BCUT2D eigenvalue weighted by Gasteiger charge is -2.18. The normalized spacial score (nSPS) is 20.1. The topological polar surface area (TPSA) is 60.8 Å². The third-order valence-electron chi connectivity index (χ3n) is 6.65. The Bertz CT molecular complexity index is 1110. The molecule has 1 aliphatic heterocycles. The number of ether oxygens (including phenoxy) is 2. The molecular weight excluding hydrogens is 392 g/mol. The Balaban J connectivity index is 1.49. The number of nitrogens with zero attached hydrogens (tertiary/aromatic N) is 2. The Labute approximate surface area is 181 Å². The highest BCUT2D eigenvalue weighted by molar-refractivity contribution is 6.05. The van der Waals surface area contributed by atoms with Gasteiger partial charge in [0.25, 0.3) is 5.91 Å². The molecule has 31 heavy (non-hydrogen) atoms. The smallest absolute Gasteiger partial charge is 0.419 e. The van der Waals surface area contributed by atoms with Crippen LogP contribution in [0.3, 0.4) is 0 Å². The molecule has 1 saturated heterocycles. The van der Waals surface area contributed by atoms with E-state index in [-0.39, 0.29) is 12.5 Å². The largest absolute Gasteiger partial charge is 0.496 e. The van der Waals surface area contributed by atoms with E-state index in [1.807, 2.05) is 53.4 Å². The summed E-state index contributed by atoms with van der Waals surface area (Å²) in [5.41, 5.74) is 1.84. The summed E-state index contributed by atoms with van der Waals surface area (Å²) in [4.78, 5) is 28.6. The Morgan fingerprint density at radius 3 is 2.45 bits per heavy atom. The van der Waals surface area contributed by atoms with Crippen LogP contribution in [0.1, 0.15) is 35.3 Å². The monoisotopic (exact) mass is 418 g/mol. The van der Waals surface area contributed by atoms with Gasteiger partial charge in [-0.1, -0.05) is 42.8 Å². The van der Waals surface area contributed by atoms with Crippen LogP contribution in [0.4, 0.5) is 4.79 Å². The van der Waals surface area contributed by atoms with Gasteiger partial charge >= 0.3 is 6.09 Å². The summed E-state index contributed by atoms with van der Waals surface area (Å²) in [6, 6.07) is 16.7. The van der Waals surface area contributed by atoms with Crippen molar-refractivity contribution in [2.75, 3.05) is 20.2 Å². The van der Waals surface area contributed by atoms with Crippen molar-refractivity contribution in [3.63, 3.8) is 0 Å². The Hall–Kier alpha value is -3.28. The second kappa shape index (κ2) is 8.10. The van der Waals surface area contributed by atoms with E-state index in [4.69, 9.17) is 9.47 Å². The van der Waals surface area contributed by atoms with Gasteiger partial charge in [0.1, 0.15) is 18.1 Å². The molecule has 3 aromatic rings. The average Bonchev–Trinajstić information content (AvgIpc) is 3.50. The summed E-state index contributed by atoms with van der Waals surface area (Å²) in [5.74, 6) is 1.67. The zero-order chi connectivity index (χ0) is 21.4. The molecular formula is C25H26N2O4. The summed E-state index contributed by atoms with van der Waals surface area (Å²) < 4.78 is 12.5. The number of aromatic nitrogens is 1. The molecule has 1 aromatic heterocycles. The zero-order valence-corrected chi connectivity index (χ0v) is 17.6. The molecule has 160 valence electrons. The molecule has 0 N–H and O–H groups in total. The third-order valence-corrected chi connectivity index (χ3v) is 6.65. The third kappa shape index (κ3) is 3.56. The minimum atomic E-state index is -0.560. The minimum absolute atomic E-state index is 0.121. The van der Waals surface area contributed by atoms with Gasteiger partial charge in [-0.3, -0.25) is 4.79 Å². The number of fused-ring (bicyclic) bond motifs is 2. The molecule has 2 fully saturated rings. The fraction of sp³-hybridized carbons (Fsp3) is 0.360. The predicted molar refractivity (Wildman–Crippen MR) is 117 cm³/mol. The molecule has 6 nitrogen and oxygen atoms in total. The maximum Gasteiger partial charge on any atom is 0.419 e. The number of methoxy groups -OCH3 is 1. The first-order valence-electron chi connectivity index (χ1n) is 10.8. The van der Waals surface area contributed by atoms with E-state index < -0.39 is 6.09 Å². The SMILES string of the molecule is COc1cccc2c1cc(C(=O)N1C[C@H]3CCC[C@H]3C1)n2C(=O)OCc1ccccc1. The number of rotatable bonds is 4. The molecule has 2 aromatic carbocycles. The summed E-state index contributed by atoms with van der Waals surface area (Å²) in [7, 11) is 1.59. The second-order valence-electron chi connectivity index (χ2n) is 8.46. The van der Waals surface area contributed by atoms with Crippen LogP contribution < -0.4 is 4.74 Å². The van der Waals surface area contributed by atoms with Crippen LogP contribution in [-0.2, 0) is 11.3 Å². The van der Waals surface area contributed by atoms with Gasteiger partial charge in [0, 0.05) is 18.5 Å².